The molecule has 0 atom stereocenters. The van der Waals surface area contributed by atoms with Crippen molar-refractivity contribution in [2.45, 2.75) is 19.8 Å². The van der Waals surface area contributed by atoms with Crippen LogP contribution in [0.3, 0.4) is 0 Å². The van der Waals surface area contributed by atoms with Crippen molar-refractivity contribution >= 4 is 11.7 Å². The molecule has 4 nitrogen and oxygen atoms in total. The van der Waals surface area contributed by atoms with E-state index in [1.807, 2.05) is 31.8 Å². The van der Waals surface area contributed by atoms with Gasteiger partial charge in [-0.3, -0.25) is 9.67 Å². The summed E-state index contributed by atoms with van der Waals surface area (Å²) in [4.78, 5) is 4.26. The van der Waals surface area contributed by atoms with Gasteiger partial charge in [0.1, 0.15) is 11.7 Å². The third kappa shape index (κ3) is 1.78. The fraction of sp³-hybridized carbons (Fsp3) is 0.600. The SMILES string of the molecule is CN=C(Nc1cc(C)nn1C)C1CC1. The summed E-state index contributed by atoms with van der Waals surface area (Å²) in [6, 6.07) is 2.04. The molecule has 1 N–H and O–H groups in total. The number of aliphatic imine (C=N–C) groups is 1. The first kappa shape index (κ1) is 9.24. The van der Waals surface area contributed by atoms with E-state index in [9.17, 15) is 0 Å². The molecular weight excluding hydrogens is 176 g/mol. The highest BCUT2D eigenvalue weighted by atomic mass is 15.3. The second-order valence-corrected chi connectivity index (χ2v) is 3.80. The van der Waals surface area contributed by atoms with Crippen LogP contribution in [0.4, 0.5) is 5.82 Å². The smallest absolute Gasteiger partial charge is 0.129 e. The molecular formula is C10H16N4. The minimum absolute atomic E-state index is 0.648. The molecule has 0 bridgehead atoms. The summed E-state index contributed by atoms with van der Waals surface area (Å²) in [6.45, 7) is 1.99. The Hall–Kier alpha value is -1.32. The number of hydrogen-bond acceptors (Lipinski definition) is 2. The molecule has 0 unspecified atom stereocenters. The maximum Gasteiger partial charge on any atom is 0.129 e. The lowest BCUT2D eigenvalue weighted by atomic mass is 10.3. The van der Waals surface area contributed by atoms with E-state index < -0.39 is 0 Å². The van der Waals surface area contributed by atoms with Gasteiger partial charge < -0.3 is 5.32 Å². The largest absolute Gasteiger partial charge is 0.329 e. The van der Waals surface area contributed by atoms with Crippen LogP contribution in [0.25, 0.3) is 0 Å². The topological polar surface area (TPSA) is 42.2 Å². The van der Waals surface area contributed by atoms with E-state index >= 15 is 0 Å². The molecule has 1 fully saturated rings. The molecule has 0 amide bonds. The molecule has 2 rings (SSSR count). The highest BCUT2D eigenvalue weighted by Gasteiger charge is 2.27. The van der Waals surface area contributed by atoms with Gasteiger partial charge in [0.05, 0.1) is 5.69 Å². The van der Waals surface area contributed by atoms with Crippen molar-refractivity contribution in [2.75, 3.05) is 12.4 Å². The third-order valence-corrected chi connectivity index (χ3v) is 2.46. The predicted molar refractivity (Wildman–Crippen MR) is 57.7 cm³/mol. The monoisotopic (exact) mass is 192 g/mol. The molecule has 0 aromatic carbocycles. The minimum Gasteiger partial charge on any atom is -0.329 e. The zero-order chi connectivity index (χ0) is 10.1. The van der Waals surface area contributed by atoms with Gasteiger partial charge in [0, 0.05) is 26.1 Å². The molecule has 1 heterocycles. The molecule has 1 aromatic rings. The van der Waals surface area contributed by atoms with Crippen molar-refractivity contribution in [3.05, 3.63) is 11.8 Å². The Balaban J connectivity index is 2.12. The molecule has 1 aliphatic carbocycles. The second kappa shape index (κ2) is 3.44. The second-order valence-electron chi connectivity index (χ2n) is 3.80. The number of aryl methyl sites for hydroxylation is 2. The van der Waals surface area contributed by atoms with Gasteiger partial charge in [-0.2, -0.15) is 5.10 Å². The summed E-state index contributed by atoms with van der Waals surface area (Å²) in [5, 5.41) is 7.61. The molecule has 1 aromatic heterocycles. The average Bonchev–Trinajstić information content (AvgIpc) is 2.91. The maximum absolute atomic E-state index is 4.28. The number of aromatic nitrogens is 2. The molecule has 0 radical (unpaired) electrons. The molecule has 0 saturated heterocycles. The maximum atomic E-state index is 4.28. The van der Waals surface area contributed by atoms with Crippen molar-refractivity contribution in [2.24, 2.45) is 18.0 Å². The van der Waals surface area contributed by atoms with Crippen LogP contribution in [0.5, 0.6) is 0 Å². The van der Waals surface area contributed by atoms with E-state index in [0.29, 0.717) is 5.92 Å². The lowest BCUT2D eigenvalue weighted by Crippen LogP contribution is -2.16. The highest BCUT2D eigenvalue weighted by Crippen LogP contribution is 2.31. The van der Waals surface area contributed by atoms with E-state index in [2.05, 4.69) is 15.4 Å². The van der Waals surface area contributed by atoms with Crippen LogP contribution in [-0.2, 0) is 7.05 Å². The van der Waals surface area contributed by atoms with Gasteiger partial charge >= 0.3 is 0 Å². The van der Waals surface area contributed by atoms with Gasteiger partial charge in [0.25, 0.3) is 0 Å². The van der Waals surface area contributed by atoms with Crippen LogP contribution < -0.4 is 5.32 Å². The lowest BCUT2D eigenvalue weighted by Gasteiger charge is -2.07. The Morgan fingerprint density at radius 2 is 2.36 bits per heavy atom. The minimum atomic E-state index is 0.648. The molecule has 1 aliphatic rings. The first-order valence-electron chi connectivity index (χ1n) is 4.95. The van der Waals surface area contributed by atoms with Crippen LogP contribution in [0, 0.1) is 12.8 Å². The summed E-state index contributed by atoms with van der Waals surface area (Å²) in [6.07, 6.45) is 2.52. The zero-order valence-electron chi connectivity index (χ0n) is 8.91. The quantitative estimate of drug-likeness (QED) is 0.571. The van der Waals surface area contributed by atoms with Crippen LogP contribution in [0.15, 0.2) is 11.1 Å². The lowest BCUT2D eigenvalue weighted by molar-refractivity contribution is 0.765. The highest BCUT2D eigenvalue weighted by molar-refractivity contribution is 5.97. The molecule has 14 heavy (non-hydrogen) atoms. The van der Waals surface area contributed by atoms with E-state index in [-0.39, 0.29) is 0 Å². The number of hydrogen-bond donors (Lipinski definition) is 1. The number of amidine groups is 1. The van der Waals surface area contributed by atoms with Crippen LogP contribution in [-0.4, -0.2) is 22.7 Å². The summed E-state index contributed by atoms with van der Waals surface area (Å²) < 4.78 is 1.85. The number of rotatable bonds is 2. The average molecular weight is 192 g/mol. The van der Waals surface area contributed by atoms with Gasteiger partial charge in [-0.15, -0.1) is 0 Å². The fourth-order valence-corrected chi connectivity index (χ4v) is 1.56. The number of nitrogens with one attached hydrogen (secondary N) is 1. The Kier molecular flexibility index (Phi) is 2.27. The van der Waals surface area contributed by atoms with Crippen molar-refractivity contribution in [1.82, 2.24) is 9.78 Å². The standard InChI is InChI=1S/C10H16N4/c1-7-6-9(14(3)13-7)12-10(11-2)8-4-5-8/h6,8H,4-5H2,1-3H3,(H,11,12). The van der Waals surface area contributed by atoms with Gasteiger partial charge in [0.15, 0.2) is 0 Å². The normalized spacial score (nSPS) is 17.2. The number of nitrogens with zero attached hydrogens (tertiary/aromatic N) is 3. The Bertz CT molecular complexity index is 360. The van der Waals surface area contributed by atoms with Gasteiger partial charge in [-0.25, -0.2) is 0 Å². The van der Waals surface area contributed by atoms with E-state index in [0.717, 1.165) is 17.3 Å². The Morgan fingerprint density at radius 1 is 1.64 bits per heavy atom. The van der Waals surface area contributed by atoms with Gasteiger partial charge in [-0.1, -0.05) is 0 Å². The summed E-state index contributed by atoms with van der Waals surface area (Å²) in [5.74, 6) is 2.76. The molecule has 1 saturated carbocycles. The first-order valence-corrected chi connectivity index (χ1v) is 4.95. The zero-order valence-corrected chi connectivity index (χ0v) is 8.91. The molecule has 0 aliphatic heterocycles. The summed E-state index contributed by atoms with van der Waals surface area (Å²) in [5.41, 5.74) is 1.03. The van der Waals surface area contributed by atoms with Gasteiger partial charge in [-0.05, 0) is 19.8 Å². The number of anilines is 1. The molecule has 4 heteroatoms. The van der Waals surface area contributed by atoms with E-state index in [4.69, 9.17) is 0 Å². The van der Waals surface area contributed by atoms with Crippen LogP contribution in [0.1, 0.15) is 18.5 Å². The first-order chi connectivity index (χ1) is 6.70. The van der Waals surface area contributed by atoms with Crippen molar-refractivity contribution in [3.8, 4) is 0 Å². The molecule has 0 spiro atoms. The van der Waals surface area contributed by atoms with E-state index in [1.165, 1.54) is 12.8 Å². The Morgan fingerprint density at radius 3 is 2.79 bits per heavy atom. The fourth-order valence-electron chi connectivity index (χ4n) is 1.56. The predicted octanol–water partition coefficient (Wildman–Crippen LogP) is 1.58. The summed E-state index contributed by atoms with van der Waals surface area (Å²) in [7, 11) is 3.78. The van der Waals surface area contributed by atoms with Crippen LogP contribution in [0.2, 0.25) is 0 Å². The van der Waals surface area contributed by atoms with E-state index in [1.54, 1.807) is 0 Å². The summed E-state index contributed by atoms with van der Waals surface area (Å²) >= 11 is 0. The Labute approximate surface area is 84.0 Å². The van der Waals surface area contributed by atoms with Crippen LogP contribution >= 0.6 is 0 Å². The van der Waals surface area contributed by atoms with Crippen molar-refractivity contribution in [1.29, 1.82) is 0 Å². The third-order valence-electron chi connectivity index (χ3n) is 2.46. The van der Waals surface area contributed by atoms with Gasteiger partial charge in [0.2, 0.25) is 0 Å². The van der Waals surface area contributed by atoms with Crippen molar-refractivity contribution < 1.29 is 0 Å². The van der Waals surface area contributed by atoms with Crippen molar-refractivity contribution in [3.63, 3.8) is 0 Å². The molecule has 76 valence electrons.